The summed E-state index contributed by atoms with van der Waals surface area (Å²) in [6.45, 7) is 2.60. The van der Waals surface area contributed by atoms with Crippen molar-refractivity contribution in [1.29, 1.82) is 0 Å². The maximum atomic E-state index is 4.03. The van der Waals surface area contributed by atoms with Crippen LogP contribution in [0.1, 0.15) is 23.3 Å². The lowest BCUT2D eigenvalue weighted by molar-refractivity contribution is 0.605. The molecule has 0 aliphatic heterocycles. The summed E-state index contributed by atoms with van der Waals surface area (Å²) in [5, 5.41) is 15.8. The molecule has 0 saturated carbocycles. The minimum Gasteiger partial charge on any atom is -0.319 e. The van der Waals surface area contributed by atoms with Crippen molar-refractivity contribution in [2.75, 3.05) is 0 Å². The van der Waals surface area contributed by atoms with Gasteiger partial charge in [-0.2, -0.15) is 0 Å². The van der Waals surface area contributed by atoms with Gasteiger partial charge < -0.3 is 4.57 Å². The van der Waals surface area contributed by atoms with Crippen molar-refractivity contribution < 1.29 is 0 Å². The third-order valence-electron chi connectivity index (χ3n) is 2.07. The third-order valence-corrected chi connectivity index (χ3v) is 2.54. The second-order valence-electron chi connectivity index (χ2n) is 3.32. The molecule has 0 saturated heterocycles. The first-order valence-electron chi connectivity index (χ1n) is 4.54. The molecule has 1 unspecified atom stereocenters. The highest BCUT2D eigenvalue weighted by Gasteiger charge is 2.08. The SMILES string of the molecule is CC(Br)c1cn(Cc2nncn2C)nn1. The normalized spacial score (nSPS) is 13.0. The Bertz CT molecular complexity index is 445. The van der Waals surface area contributed by atoms with Gasteiger partial charge in [0.2, 0.25) is 0 Å². The topological polar surface area (TPSA) is 61.4 Å². The zero-order valence-electron chi connectivity index (χ0n) is 8.50. The molecule has 2 rings (SSSR count). The van der Waals surface area contributed by atoms with Crippen molar-refractivity contribution in [3.8, 4) is 0 Å². The number of aromatic nitrogens is 6. The van der Waals surface area contributed by atoms with Crippen LogP contribution < -0.4 is 0 Å². The summed E-state index contributed by atoms with van der Waals surface area (Å²) in [5.74, 6) is 0.855. The molecule has 0 fully saturated rings. The van der Waals surface area contributed by atoms with E-state index in [9.17, 15) is 0 Å². The van der Waals surface area contributed by atoms with E-state index in [2.05, 4.69) is 36.4 Å². The number of halogens is 1. The molecule has 0 amide bonds. The third kappa shape index (κ3) is 2.23. The minimum atomic E-state index is 0.214. The zero-order valence-corrected chi connectivity index (χ0v) is 10.1. The van der Waals surface area contributed by atoms with E-state index >= 15 is 0 Å². The Morgan fingerprint density at radius 3 is 2.80 bits per heavy atom. The average molecular weight is 271 g/mol. The highest BCUT2D eigenvalue weighted by atomic mass is 79.9. The van der Waals surface area contributed by atoms with E-state index in [1.54, 1.807) is 11.0 Å². The Labute approximate surface area is 95.4 Å². The van der Waals surface area contributed by atoms with Gasteiger partial charge in [0.25, 0.3) is 0 Å². The predicted octanol–water partition coefficient (Wildman–Crippen LogP) is 0.911. The fourth-order valence-electron chi connectivity index (χ4n) is 1.17. The lowest BCUT2D eigenvalue weighted by Crippen LogP contribution is -2.06. The Morgan fingerprint density at radius 1 is 1.47 bits per heavy atom. The van der Waals surface area contributed by atoms with Crippen LogP contribution in [0, 0.1) is 0 Å². The van der Waals surface area contributed by atoms with E-state index in [0.717, 1.165) is 11.5 Å². The van der Waals surface area contributed by atoms with Gasteiger partial charge >= 0.3 is 0 Å². The molecule has 2 aromatic rings. The number of aryl methyl sites for hydroxylation is 1. The molecule has 2 heterocycles. The second kappa shape index (κ2) is 4.09. The van der Waals surface area contributed by atoms with E-state index in [0.29, 0.717) is 6.54 Å². The first-order chi connectivity index (χ1) is 7.16. The molecule has 80 valence electrons. The summed E-state index contributed by atoms with van der Waals surface area (Å²) in [5.41, 5.74) is 0.914. The summed E-state index contributed by atoms with van der Waals surface area (Å²) in [6.07, 6.45) is 3.56. The smallest absolute Gasteiger partial charge is 0.154 e. The van der Waals surface area contributed by atoms with E-state index in [1.807, 2.05) is 24.7 Å². The van der Waals surface area contributed by atoms with Crippen molar-refractivity contribution in [3.05, 3.63) is 24.0 Å². The molecule has 0 spiro atoms. The zero-order chi connectivity index (χ0) is 10.8. The standard InChI is InChI=1S/C8H11BrN6/c1-6(9)7-3-15(13-11-7)4-8-12-10-5-14(8)2/h3,5-6H,4H2,1-2H3. The van der Waals surface area contributed by atoms with Gasteiger partial charge in [0.15, 0.2) is 5.82 Å². The Balaban J connectivity index is 2.15. The molecule has 0 radical (unpaired) electrons. The molecule has 0 N–H and O–H groups in total. The van der Waals surface area contributed by atoms with Gasteiger partial charge in [0.05, 0.1) is 16.7 Å². The number of hydrogen-bond donors (Lipinski definition) is 0. The van der Waals surface area contributed by atoms with Crippen molar-refractivity contribution >= 4 is 15.9 Å². The second-order valence-corrected chi connectivity index (χ2v) is 4.69. The lowest BCUT2D eigenvalue weighted by Gasteiger charge is -1.98. The molecule has 7 heteroatoms. The van der Waals surface area contributed by atoms with Gasteiger partial charge in [0.1, 0.15) is 12.9 Å². The lowest BCUT2D eigenvalue weighted by atomic mass is 10.4. The Hall–Kier alpha value is -1.24. The fraction of sp³-hybridized carbons (Fsp3) is 0.500. The minimum absolute atomic E-state index is 0.214. The van der Waals surface area contributed by atoms with Gasteiger partial charge in [-0.15, -0.1) is 15.3 Å². The van der Waals surface area contributed by atoms with Crippen molar-refractivity contribution in [2.24, 2.45) is 7.05 Å². The van der Waals surface area contributed by atoms with E-state index in [4.69, 9.17) is 0 Å². The number of hydrogen-bond acceptors (Lipinski definition) is 4. The molecule has 0 aliphatic rings. The number of nitrogens with zero attached hydrogens (tertiary/aromatic N) is 6. The quantitative estimate of drug-likeness (QED) is 0.778. The maximum absolute atomic E-state index is 4.03. The van der Waals surface area contributed by atoms with E-state index in [-0.39, 0.29) is 4.83 Å². The molecule has 2 aromatic heterocycles. The fourth-order valence-corrected chi connectivity index (χ4v) is 1.38. The monoisotopic (exact) mass is 270 g/mol. The molecule has 0 aromatic carbocycles. The molecule has 0 aliphatic carbocycles. The summed E-state index contributed by atoms with van der Waals surface area (Å²) >= 11 is 3.44. The van der Waals surface area contributed by atoms with Crippen LogP contribution in [0.3, 0.4) is 0 Å². The largest absolute Gasteiger partial charge is 0.319 e. The molecule has 1 atom stereocenters. The van der Waals surface area contributed by atoms with Crippen molar-refractivity contribution in [3.63, 3.8) is 0 Å². The highest BCUT2D eigenvalue weighted by Crippen LogP contribution is 2.18. The van der Waals surface area contributed by atoms with Crippen LogP contribution in [0.15, 0.2) is 12.5 Å². The first-order valence-corrected chi connectivity index (χ1v) is 5.45. The number of alkyl halides is 1. The average Bonchev–Trinajstić information content (AvgIpc) is 2.77. The molecular weight excluding hydrogens is 260 g/mol. The van der Waals surface area contributed by atoms with Gasteiger partial charge in [-0.05, 0) is 6.92 Å². The summed E-state index contributed by atoms with van der Waals surface area (Å²) in [7, 11) is 1.90. The van der Waals surface area contributed by atoms with E-state index in [1.165, 1.54) is 0 Å². The molecule has 15 heavy (non-hydrogen) atoms. The molecular formula is C8H11BrN6. The van der Waals surface area contributed by atoms with Crippen LogP contribution in [0.4, 0.5) is 0 Å². The van der Waals surface area contributed by atoms with Crippen LogP contribution >= 0.6 is 15.9 Å². The Morgan fingerprint density at radius 2 is 2.27 bits per heavy atom. The van der Waals surface area contributed by atoms with Crippen LogP contribution in [-0.2, 0) is 13.6 Å². The van der Waals surface area contributed by atoms with Gasteiger partial charge in [-0.3, -0.25) is 0 Å². The first kappa shape index (κ1) is 10.3. The highest BCUT2D eigenvalue weighted by molar-refractivity contribution is 9.09. The van der Waals surface area contributed by atoms with E-state index < -0.39 is 0 Å². The number of rotatable bonds is 3. The van der Waals surface area contributed by atoms with Crippen molar-refractivity contribution in [2.45, 2.75) is 18.3 Å². The van der Waals surface area contributed by atoms with Gasteiger partial charge in [0, 0.05) is 7.05 Å². The summed E-state index contributed by atoms with van der Waals surface area (Å²) < 4.78 is 3.61. The van der Waals surface area contributed by atoms with Crippen LogP contribution in [0.5, 0.6) is 0 Å². The summed E-state index contributed by atoms with van der Waals surface area (Å²) in [6, 6.07) is 0. The molecule has 0 bridgehead atoms. The Kier molecular flexibility index (Phi) is 2.81. The van der Waals surface area contributed by atoms with Crippen LogP contribution in [0.25, 0.3) is 0 Å². The van der Waals surface area contributed by atoms with Gasteiger partial charge in [-0.1, -0.05) is 21.1 Å². The van der Waals surface area contributed by atoms with Crippen LogP contribution in [0.2, 0.25) is 0 Å². The maximum Gasteiger partial charge on any atom is 0.154 e. The van der Waals surface area contributed by atoms with Crippen LogP contribution in [-0.4, -0.2) is 29.8 Å². The summed E-state index contributed by atoms with van der Waals surface area (Å²) in [4.78, 5) is 0.214. The predicted molar refractivity (Wildman–Crippen MR) is 57.5 cm³/mol. The van der Waals surface area contributed by atoms with Crippen molar-refractivity contribution in [1.82, 2.24) is 29.8 Å². The molecule has 6 nitrogen and oxygen atoms in total. The van der Waals surface area contributed by atoms with Gasteiger partial charge in [-0.25, -0.2) is 4.68 Å².